The van der Waals surface area contributed by atoms with E-state index < -0.39 is 10.8 Å². The number of H-pyrrole nitrogens is 1. The number of aromatic nitrogens is 6. The van der Waals surface area contributed by atoms with Crippen molar-refractivity contribution < 1.29 is 9.72 Å². The van der Waals surface area contributed by atoms with Crippen LogP contribution in [0.4, 0.5) is 5.69 Å². The maximum atomic E-state index is 12.5. The zero-order chi connectivity index (χ0) is 20.5. The van der Waals surface area contributed by atoms with E-state index in [4.69, 9.17) is 12.2 Å². The van der Waals surface area contributed by atoms with Crippen molar-refractivity contribution in [1.82, 2.24) is 34.8 Å². The van der Waals surface area contributed by atoms with Crippen LogP contribution in [0.15, 0.2) is 34.6 Å². The van der Waals surface area contributed by atoms with Gasteiger partial charge in [-0.2, -0.15) is 5.10 Å². The standard InChI is InChI=1S/C16H16N8O3S2/c1-22-8-18-21-16(22)29-12-5-2-9(6-11(12)24(26)27)14(25)17-7-13-19-20-15(28)23(13)10-3-4-10/h2,5-6,8,10H,3-4,7H2,1H3,(H,17,25)(H,20,28). The molecule has 0 radical (unpaired) electrons. The summed E-state index contributed by atoms with van der Waals surface area (Å²) in [5.41, 5.74) is 0.0115. The molecule has 1 aliphatic carbocycles. The van der Waals surface area contributed by atoms with Crippen molar-refractivity contribution in [2.75, 3.05) is 0 Å². The summed E-state index contributed by atoms with van der Waals surface area (Å²) in [5, 5.41) is 29.3. The number of nitro groups is 1. The Balaban J connectivity index is 1.51. The molecule has 1 fully saturated rings. The van der Waals surface area contributed by atoms with Gasteiger partial charge in [0.25, 0.3) is 11.6 Å². The van der Waals surface area contributed by atoms with E-state index in [1.54, 1.807) is 17.7 Å². The second-order valence-corrected chi connectivity index (χ2v) is 7.89. The van der Waals surface area contributed by atoms with E-state index in [-0.39, 0.29) is 17.8 Å². The van der Waals surface area contributed by atoms with Gasteiger partial charge < -0.3 is 9.88 Å². The number of nitrogens with one attached hydrogen (secondary N) is 2. The topological polar surface area (TPSA) is 137 Å². The van der Waals surface area contributed by atoms with Gasteiger partial charge in [0, 0.05) is 24.7 Å². The molecule has 0 aliphatic heterocycles. The number of nitro benzene ring substituents is 1. The number of carbonyl (C=O) groups is 1. The molecular formula is C16H16N8O3S2. The normalized spacial score (nSPS) is 13.4. The Morgan fingerprint density at radius 2 is 2.28 bits per heavy atom. The number of carbonyl (C=O) groups excluding carboxylic acids is 1. The summed E-state index contributed by atoms with van der Waals surface area (Å²) in [6, 6.07) is 4.66. The molecule has 0 bridgehead atoms. The molecule has 1 aromatic carbocycles. The molecule has 2 N–H and O–H groups in total. The molecule has 4 rings (SSSR count). The van der Waals surface area contributed by atoms with Crippen LogP contribution in [0.3, 0.4) is 0 Å². The van der Waals surface area contributed by atoms with E-state index in [0.29, 0.717) is 26.7 Å². The highest BCUT2D eigenvalue weighted by molar-refractivity contribution is 7.99. The van der Waals surface area contributed by atoms with Gasteiger partial charge in [-0.05, 0) is 49.0 Å². The first-order chi connectivity index (χ1) is 13.9. The van der Waals surface area contributed by atoms with Crippen molar-refractivity contribution in [2.24, 2.45) is 7.05 Å². The summed E-state index contributed by atoms with van der Waals surface area (Å²) in [5.74, 6) is 0.203. The Bertz CT molecular complexity index is 1150. The maximum absolute atomic E-state index is 12.5. The van der Waals surface area contributed by atoms with Crippen LogP contribution in [0.5, 0.6) is 0 Å². The first-order valence-electron chi connectivity index (χ1n) is 8.68. The van der Waals surface area contributed by atoms with Crippen LogP contribution < -0.4 is 5.32 Å². The molecule has 2 heterocycles. The summed E-state index contributed by atoms with van der Waals surface area (Å²) in [6.07, 6.45) is 3.57. The third kappa shape index (κ3) is 4.05. The van der Waals surface area contributed by atoms with Gasteiger partial charge in [0.1, 0.15) is 6.33 Å². The Morgan fingerprint density at radius 3 is 2.93 bits per heavy atom. The van der Waals surface area contributed by atoms with Gasteiger partial charge in [-0.15, -0.1) is 10.2 Å². The third-order valence-corrected chi connectivity index (χ3v) is 5.79. The highest BCUT2D eigenvalue weighted by Crippen LogP contribution is 2.36. The fraction of sp³-hybridized carbons (Fsp3) is 0.312. The Labute approximate surface area is 173 Å². The molecular weight excluding hydrogens is 416 g/mol. The zero-order valence-electron chi connectivity index (χ0n) is 15.2. The molecule has 1 amide bonds. The van der Waals surface area contributed by atoms with Crippen molar-refractivity contribution >= 4 is 35.6 Å². The number of hydrogen-bond donors (Lipinski definition) is 2. The lowest BCUT2D eigenvalue weighted by Gasteiger charge is -2.08. The highest BCUT2D eigenvalue weighted by Gasteiger charge is 2.27. The first-order valence-corrected chi connectivity index (χ1v) is 9.91. The van der Waals surface area contributed by atoms with E-state index in [0.717, 1.165) is 24.6 Å². The van der Waals surface area contributed by atoms with E-state index in [1.165, 1.54) is 18.5 Å². The molecule has 0 saturated heterocycles. The van der Waals surface area contributed by atoms with Crippen molar-refractivity contribution in [1.29, 1.82) is 0 Å². The van der Waals surface area contributed by atoms with Crippen LogP contribution in [0.25, 0.3) is 0 Å². The smallest absolute Gasteiger partial charge is 0.284 e. The zero-order valence-corrected chi connectivity index (χ0v) is 16.9. The molecule has 13 heteroatoms. The van der Waals surface area contributed by atoms with Gasteiger partial charge in [-0.25, -0.2) is 0 Å². The molecule has 11 nitrogen and oxygen atoms in total. The molecule has 1 saturated carbocycles. The molecule has 1 aliphatic rings. The SMILES string of the molecule is Cn1cnnc1Sc1ccc(C(=O)NCc2n[nH]c(=S)n2C2CC2)cc1[N+](=O)[O-]. The molecule has 29 heavy (non-hydrogen) atoms. The quantitative estimate of drug-likeness (QED) is 0.330. The third-order valence-electron chi connectivity index (χ3n) is 4.39. The van der Waals surface area contributed by atoms with Crippen molar-refractivity contribution in [3.05, 3.63) is 50.8 Å². The summed E-state index contributed by atoms with van der Waals surface area (Å²) in [7, 11) is 1.74. The lowest BCUT2D eigenvalue weighted by atomic mass is 10.2. The van der Waals surface area contributed by atoms with Crippen LogP contribution in [-0.2, 0) is 13.6 Å². The van der Waals surface area contributed by atoms with Gasteiger partial charge in [0.2, 0.25) is 0 Å². The first kappa shape index (κ1) is 19.3. The fourth-order valence-electron chi connectivity index (χ4n) is 2.78. The number of benzene rings is 1. The highest BCUT2D eigenvalue weighted by atomic mass is 32.2. The van der Waals surface area contributed by atoms with Gasteiger partial charge in [0.05, 0.1) is 16.4 Å². The van der Waals surface area contributed by atoms with Crippen molar-refractivity contribution in [2.45, 2.75) is 35.5 Å². The molecule has 0 atom stereocenters. The van der Waals surface area contributed by atoms with E-state index in [2.05, 4.69) is 25.7 Å². The Kier molecular flexibility index (Phi) is 5.15. The minimum Gasteiger partial charge on any atom is -0.345 e. The molecule has 0 spiro atoms. The molecule has 0 unspecified atom stereocenters. The average molecular weight is 432 g/mol. The summed E-state index contributed by atoms with van der Waals surface area (Å²) < 4.78 is 4.08. The van der Waals surface area contributed by atoms with E-state index in [9.17, 15) is 14.9 Å². The molecule has 150 valence electrons. The van der Waals surface area contributed by atoms with Crippen LogP contribution in [0.1, 0.15) is 35.1 Å². The van der Waals surface area contributed by atoms with E-state index >= 15 is 0 Å². The summed E-state index contributed by atoms with van der Waals surface area (Å²) in [4.78, 5) is 23.9. The minimum atomic E-state index is -0.520. The van der Waals surface area contributed by atoms with Gasteiger partial charge in [0.15, 0.2) is 15.8 Å². The predicted molar refractivity (Wildman–Crippen MR) is 105 cm³/mol. The predicted octanol–water partition coefficient (Wildman–Crippen LogP) is 2.39. The second kappa shape index (κ2) is 7.75. The maximum Gasteiger partial charge on any atom is 0.284 e. The lowest BCUT2D eigenvalue weighted by molar-refractivity contribution is -0.387. The number of nitrogens with zero attached hydrogens (tertiary/aromatic N) is 6. The fourth-order valence-corrected chi connectivity index (χ4v) is 3.93. The molecule has 3 aromatic rings. The average Bonchev–Trinajstić information content (AvgIpc) is 3.35. The van der Waals surface area contributed by atoms with Crippen molar-refractivity contribution in [3.63, 3.8) is 0 Å². The number of hydrogen-bond acceptors (Lipinski definition) is 8. The summed E-state index contributed by atoms with van der Waals surface area (Å²) >= 11 is 6.33. The Hall–Kier alpha value is -3.06. The Morgan fingerprint density at radius 1 is 1.48 bits per heavy atom. The number of aromatic amines is 1. The van der Waals surface area contributed by atoms with E-state index in [1.807, 2.05) is 4.57 Å². The van der Waals surface area contributed by atoms with Gasteiger partial charge in [-0.3, -0.25) is 24.6 Å². The van der Waals surface area contributed by atoms with Crippen molar-refractivity contribution in [3.8, 4) is 0 Å². The monoisotopic (exact) mass is 432 g/mol. The number of rotatable bonds is 7. The van der Waals surface area contributed by atoms with Crippen LogP contribution in [0.2, 0.25) is 0 Å². The van der Waals surface area contributed by atoms with Gasteiger partial charge in [-0.1, -0.05) is 0 Å². The van der Waals surface area contributed by atoms with Gasteiger partial charge >= 0.3 is 0 Å². The largest absolute Gasteiger partial charge is 0.345 e. The summed E-state index contributed by atoms with van der Waals surface area (Å²) in [6.45, 7) is 0.172. The molecule has 2 aromatic heterocycles. The minimum absolute atomic E-state index is 0.172. The lowest BCUT2D eigenvalue weighted by Crippen LogP contribution is -2.24. The van der Waals surface area contributed by atoms with Crippen LogP contribution in [0, 0.1) is 14.9 Å². The second-order valence-electron chi connectivity index (χ2n) is 6.49. The van der Waals surface area contributed by atoms with Crippen LogP contribution in [-0.4, -0.2) is 40.4 Å². The number of aryl methyl sites for hydroxylation is 1. The van der Waals surface area contributed by atoms with Crippen LogP contribution >= 0.6 is 24.0 Å². The number of amides is 1.